The second-order valence-corrected chi connectivity index (χ2v) is 5.79. The SMILES string of the molecule is CNc1nc(NC[C@@](C)(N)c2ccccc2)nc2c1cnn2C. The molecule has 0 aliphatic heterocycles. The van der Waals surface area contributed by atoms with Crippen molar-refractivity contribution in [2.45, 2.75) is 12.5 Å². The minimum absolute atomic E-state index is 0.517. The van der Waals surface area contributed by atoms with Crippen LogP contribution >= 0.6 is 0 Å². The molecular weight excluding hydrogens is 290 g/mol. The van der Waals surface area contributed by atoms with E-state index in [2.05, 4.69) is 25.7 Å². The number of nitrogens with two attached hydrogens (primary N) is 1. The van der Waals surface area contributed by atoms with Gasteiger partial charge in [-0.2, -0.15) is 15.1 Å². The lowest BCUT2D eigenvalue weighted by molar-refractivity contribution is 0.523. The topological polar surface area (TPSA) is 93.7 Å². The molecule has 1 aromatic carbocycles. The second kappa shape index (κ2) is 5.85. The summed E-state index contributed by atoms with van der Waals surface area (Å²) in [7, 11) is 3.69. The maximum atomic E-state index is 6.43. The number of nitrogens with one attached hydrogen (secondary N) is 2. The number of fused-ring (bicyclic) bond motifs is 1. The highest BCUT2D eigenvalue weighted by atomic mass is 15.3. The van der Waals surface area contributed by atoms with E-state index in [-0.39, 0.29) is 0 Å². The molecule has 0 spiro atoms. The quantitative estimate of drug-likeness (QED) is 0.664. The van der Waals surface area contributed by atoms with Crippen molar-refractivity contribution < 1.29 is 0 Å². The van der Waals surface area contributed by atoms with Crippen molar-refractivity contribution in [1.29, 1.82) is 0 Å². The summed E-state index contributed by atoms with van der Waals surface area (Å²) in [6, 6.07) is 9.99. The predicted molar refractivity (Wildman–Crippen MR) is 92.3 cm³/mol. The zero-order valence-corrected chi connectivity index (χ0v) is 13.5. The summed E-state index contributed by atoms with van der Waals surface area (Å²) in [6.07, 6.45) is 1.75. The molecule has 1 atom stereocenters. The van der Waals surface area contributed by atoms with Crippen LogP contribution in [0.3, 0.4) is 0 Å². The van der Waals surface area contributed by atoms with Crippen LogP contribution in [-0.2, 0) is 12.6 Å². The lowest BCUT2D eigenvalue weighted by Gasteiger charge is -2.25. The molecule has 2 heterocycles. The number of hydrogen-bond donors (Lipinski definition) is 3. The molecule has 120 valence electrons. The maximum Gasteiger partial charge on any atom is 0.226 e. The number of anilines is 2. The minimum atomic E-state index is -0.522. The highest BCUT2D eigenvalue weighted by Crippen LogP contribution is 2.22. The van der Waals surface area contributed by atoms with E-state index in [1.54, 1.807) is 10.9 Å². The number of aryl methyl sites for hydroxylation is 1. The minimum Gasteiger partial charge on any atom is -0.372 e. The Kier molecular flexibility index (Phi) is 3.87. The molecule has 0 fully saturated rings. The fourth-order valence-corrected chi connectivity index (χ4v) is 2.48. The standard InChI is InChI=1S/C16H21N7/c1-16(17,11-7-5-4-6-8-11)10-19-15-21-13(18-2)12-9-20-23(3)14(12)22-15/h4-9H,10,17H2,1-3H3,(H2,18,19,21,22)/t16-/m1/s1. The molecule has 0 saturated carbocycles. The first-order chi connectivity index (χ1) is 11.0. The maximum absolute atomic E-state index is 6.43. The first kappa shape index (κ1) is 15.2. The summed E-state index contributed by atoms with van der Waals surface area (Å²) in [5.74, 6) is 1.27. The number of hydrogen-bond acceptors (Lipinski definition) is 6. The molecule has 2 aromatic heterocycles. The largest absolute Gasteiger partial charge is 0.372 e. The average molecular weight is 311 g/mol. The monoisotopic (exact) mass is 311 g/mol. The fraction of sp³-hybridized carbons (Fsp3) is 0.312. The van der Waals surface area contributed by atoms with Gasteiger partial charge in [0, 0.05) is 20.6 Å². The lowest BCUT2D eigenvalue weighted by Crippen LogP contribution is -2.40. The summed E-state index contributed by atoms with van der Waals surface area (Å²) in [5.41, 5.74) is 7.73. The molecule has 0 radical (unpaired) electrons. The van der Waals surface area contributed by atoms with E-state index >= 15 is 0 Å². The van der Waals surface area contributed by atoms with E-state index in [0.29, 0.717) is 12.5 Å². The third-order valence-electron chi connectivity index (χ3n) is 3.88. The Hall–Kier alpha value is -2.67. The third-order valence-corrected chi connectivity index (χ3v) is 3.88. The summed E-state index contributed by atoms with van der Waals surface area (Å²) in [4.78, 5) is 9.01. The highest BCUT2D eigenvalue weighted by Gasteiger charge is 2.21. The van der Waals surface area contributed by atoms with Gasteiger partial charge in [0.1, 0.15) is 5.82 Å². The average Bonchev–Trinajstić information content (AvgIpc) is 2.94. The van der Waals surface area contributed by atoms with Crippen molar-refractivity contribution in [2.24, 2.45) is 12.8 Å². The van der Waals surface area contributed by atoms with Gasteiger partial charge in [-0.05, 0) is 12.5 Å². The van der Waals surface area contributed by atoms with Crippen molar-refractivity contribution in [3.63, 3.8) is 0 Å². The number of nitrogens with zero attached hydrogens (tertiary/aromatic N) is 4. The third kappa shape index (κ3) is 2.95. The molecule has 3 aromatic rings. The van der Waals surface area contributed by atoms with Crippen LogP contribution in [0.5, 0.6) is 0 Å². The smallest absolute Gasteiger partial charge is 0.226 e. The molecule has 7 heteroatoms. The van der Waals surface area contributed by atoms with Crippen molar-refractivity contribution >= 4 is 22.8 Å². The van der Waals surface area contributed by atoms with Gasteiger partial charge in [0.05, 0.1) is 17.1 Å². The van der Waals surface area contributed by atoms with Crippen LogP contribution in [0.15, 0.2) is 36.5 Å². The molecule has 4 N–H and O–H groups in total. The van der Waals surface area contributed by atoms with Gasteiger partial charge < -0.3 is 16.4 Å². The highest BCUT2D eigenvalue weighted by molar-refractivity contribution is 5.87. The summed E-state index contributed by atoms with van der Waals surface area (Å²) in [6.45, 7) is 2.50. The van der Waals surface area contributed by atoms with E-state index in [1.165, 1.54) is 0 Å². The van der Waals surface area contributed by atoms with Crippen LogP contribution in [0.1, 0.15) is 12.5 Å². The molecule has 0 aliphatic carbocycles. The molecule has 0 saturated heterocycles. The Balaban J connectivity index is 1.86. The van der Waals surface area contributed by atoms with Crippen LogP contribution in [0, 0.1) is 0 Å². The molecule has 3 rings (SSSR count). The number of rotatable bonds is 5. The van der Waals surface area contributed by atoms with Crippen LogP contribution in [0.4, 0.5) is 11.8 Å². The zero-order chi connectivity index (χ0) is 16.4. The lowest BCUT2D eigenvalue weighted by atomic mass is 9.93. The van der Waals surface area contributed by atoms with Crippen LogP contribution in [0.2, 0.25) is 0 Å². The van der Waals surface area contributed by atoms with Gasteiger partial charge >= 0.3 is 0 Å². The molecular formula is C16H21N7. The van der Waals surface area contributed by atoms with Crippen LogP contribution < -0.4 is 16.4 Å². The van der Waals surface area contributed by atoms with Gasteiger partial charge in [-0.3, -0.25) is 4.68 Å². The first-order valence-electron chi connectivity index (χ1n) is 7.47. The Morgan fingerprint density at radius 3 is 2.65 bits per heavy atom. The van der Waals surface area contributed by atoms with Crippen molar-refractivity contribution in [1.82, 2.24) is 19.7 Å². The molecule has 23 heavy (non-hydrogen) atoms. The van der Waals surface area contributed by atoms with Crippen LogP contribution in [0.25, 0.3) is 11.0 Å². The van der Waals surface area contributed by atoms with E-state index in [0.717, 1.165) is 22.4 Å². The van der Waals surface area contributed by atoms with Gasteiger partial charge in [0.2, 0.25) is 5.95 Å². The van der Waals surface area contributed by atoms with Crippen LogP contribution in [-0.4, -0.2) is 33.3 Å². The van der Waals surface area contributed by atoms with Crippen molar-refractivity contribution in [3.05, 3.63) is 42.1 Å². The molecule has 0 bridgehead atoms. The molecule has 0 aliphatic rings. The van der Waals surface area contributed by atoms with E-state index in [1.807, 2.05) is 51.4 Å². The fourth-order valence-electron chi connectivity index (χ4n) is 2.48. The number of benzene rings is 1. The Morgan fingerprint density at radius 1 is 1.22 bits per heavy atom. The summed E-state index contributed by atoms with van der Waals surface area (Å²) in [5, 5.41) is 11.4. The van der Waals surface area contributed by atoms with Crippen molar-refractivity contribution in [3.8, 4) is 0 Å². The van der Waals surface area contributed by atoms with Gasteiger partial charge in [-0.1, -0.05) is 30.3 Å². The summed E-state index contributed by atoms with van der Waals surface area (Å²) < 4.78 is 1.72. The van der Waals surface area contributed by atoms with Gasteiger partial charge in [-0.25, -0.2) is 0 Å². The Morgan fingerprint density at radius 2 is 1.96 bits per heavy atom. The van der Waals surface area contributed by atoms with Gasteiger partial charge in [0.25, 0.3) is 0 Å². The normalized spacial score (nSPS) is 13.7. The molecule has 0 unspecified atom stereocenters. The zero-order valence-electron chi connectivity index (χ0n) is 13.5. The van der Waals surface area contributed by atoms with E-state index in [4.69, 9.17) is 5.73 Å². The Bertz CT molecular complexity index is 808. The number of aromatic nitrogens is 4. The van der Waals surface area contributed by atoms with E-state index in [9.17, 15) is 0 Å². The molecule has 7 nitrogen and oxygen atoms in total. The van der Waals surface area contributed by atoms with E-state index < -0.39 is 5.54 Å². The van der Waals surface area contributed by atoms with Crippen molar-refractivity contribution in [2.75, 3.05) is 24.2 Å². The van der Waals surface area contributed by atoms with Gasteiger partial charge in [-0.15, -0.1) is 0 Å². The Labute approximate surface area is 134 Å². The van der Waals surface area contributed by atoms with Gasteiger partial charge in [0.15, 0.2) is 5.65 Å². The first-order valence-corrected chi connectivity index (χ1v) is 7.47. The molecule has 0 amide bonds. The predicted octanol–water partition coefficient (Wildman–Crippen LogP) is 1.69. The second-order valence-electron chi connectivity index (χ2n) is 5.79. The summed E-state index contributed by atoms with van der Waals surface area (Å²) >= 11 is 0.